The Morgan fingerprint density at radius 2 is 1.38 bits per heavy atom. The first-order valence-corrected chi connectivity index (χ1v) is 18.1. The number of carbonyl (C=O) groups excluding carboxylic acids is 2. The molecule has 0 radical (unpaired) electrons. The van der Waals surface area contributed by atoms with Crippen molar-refractivity contribution in [2.75, 3.05) is 10.8 Å². The lowest BCUT2D eigenvalue weighted by Crippen LogP contribution is -2.55. The summed E-state index contributed by atoms with van der Waals surface area (Å²) in [6.45, 7) is -0.562. The normalized spacial score (nSPS) is 14.3. The van der Waals surface area contributed by atoms with E-state index < -0.39 is 28.5 Å². The second kappa shape index (κ2) is 16.0. The Labute approximate surface area is 291 Å². The molecule has 0 bridgehead atoms. The highest BCUT2D eigenvalue weighted by atomic mass is 35.5. The van der Waals surface area contributed by atoms with Crippen LogP contribution in [0.5, 0.6) is 0 Å². The Morgan fingerprint density at radius 1 is 0.745 bits per heavy atom. The number of nitrogens with one attached hydrogen (secondary N) is 1. The second-order valence-electron chi connectivity index (χ2n) is 11.6. The van der Waals surface area contributed by atoms with Gasteiger partial charge in [0.05, 0.1) is 10.6 Å². The molecule has 1 atom stereocenters. The first-order valence-electron chi connectivity index (χ1n) is 15.5. The van der Waals surface area contributed by atoms with Gasteiger partial charge in [-0.25, -0.2) is 8.42 Å². The van der Waals surface area contributed by atoms with Gasteiger partial charge < -0.3 is 10.2 Å². The monoisotopic (exact) mass is 711 g/mol. The summed E-state index contributed by atoms with van der Waals surface area (Å²) in [5.74, 6) is -0.854. The number of rotatable bonds is 12. The van der Waals surface area contributed by atoms with E-state index in [2.05, 4.69) is 5.32 Å². The number of hydrogen-bond acceptors (Lipinski definition) is 4. The summed E-state index contributed by atoms with van der Waals surface area (Å²) in [6.07, 6.45) is 5.14. The molecule has 1 saturated carbocycles. The highest BCUT2D eigenvalue weighted by Crippen LogP contribution is 2.28. The molecule has 0 aromatic heterocycles. The van der Waals surface area contributed by atoms with E-state index in [9.17, 15) is 18.0 Å². The zero-order valence-electron chi connectivity index (χ0n) is 25.7. The molecule has 1 fully saturated rings. The minimum Gasteiger partial charge on any atom is -0.352 e. The number of anilines is 1. The lowest BCUT2D eigenvalue weighted by atomic mass is 9.94. The SMILES string of the molecule is O=C(NC1CCCCC1)[C@@H](Cc1ccccc1)N(Cc1cccc(Cl)c1)C(=O)CN(c1cccc(Cl)c1)S(=O)(=O)c1ccc(Cl)cc1. The van der Waals surface area contributed by atoms with E-state index >= 15 is 0 Å². The predicted molar refractivity (Wildman–Crippen MR) is 188 cm³/mol. The van der Waals surface area contributed by atoms with Crippen LogP contribution in [0.25, 0.3) is 0 Å². The van der Waals surface area contributed by atoms with Gasteiger partial charge in [0.15, 0.2) is 0 Å². The van der Waals surface area contributed by atoms with Gasteiger partial charge in [0.2, 0.25) is 11.8 Å². The van der Waals surface area contributed by atoms with Gasteiger partial charge in [-0.15, -0.1) is 0 Å². The Morgan fingerprint density at radius 3 is 2.04 bits per heavy atom. The Balaban J connectivity index is 1.56. The standard InChI is InChI=1S/C36H36Cl3N3O4S/c37-28-17-19-33(20-18-28)47(45,46)42(32-16-8-13-30(39)23-32)25-35(43)41(24-27-11-7-12-29(38)21-27)34(22-26-9-3-1-4-10-26)36(44)40-31-14-5-2-6-15-31/h1,3-4,7-13,16-21,23,31,34H,2,5-6,14-15,22,24-25H2,(H,40,44)/t34-/m1/s1. The molecule has 7 nitrogen and oxygen atoms in total. The Kier molecular flexibility index (Phi) is 11.9. The number of nitrogens with zero attached hydrogens (tertiary/aromatic N) is 2. The zero-order chi connectivity index (χ0) is 33.4. The van der Waals surface area contributed by atoms with Gasteiger partial charge in [-0.1, -0.05) is 103 Å². The Bertz CT molecular complexity index is 1780. The molecule has 0 spiro atoms. The predicted octanol–water partition coefficient (Wildman–Crippen LogP) is 7.93. The maximum Gasteiger partial charge on any atom is 0.264 e. The van der Waals surface area contributed by atoms with Crippen LogP contribution < -0.4 is 9.62 Å². The number of sulfonamides is 1. The summed E-state index contributed by atoms with van der Waals surface area (Å²) in [6, 6.07) is 27.6. The lowest BCUT2D eigenvalue weighted by molar-refractivity contribution is -0.140. The summed E-state index contributed by atoms with van der Waals surface area (Å²) in [4.78, 5) is 30.2. The summed E-state index contributed by atoms with van der Waals surface area (Å²) in [5.41, 5.74) is 1.76. The van der Waals surface area contributed by atoms with Crippen LogP contribution in [0.1, 0.15) is 43.2 Å². The first-order chi connectivity index (χ1) is 22.6. The smallest absolute Gasteiger partial charge is 0.264 e. The van der Waals surface area contributed by atoms with Crippen molar-refractivity contribution >= 4 is 62.3 Å². The molecule has 2 amide bonds. The van der Waals surface area contributed by atoms with E-state index in [-0.39, 0.29) is 35.5 Å². The maximum atomic E-state index is 14.6. The van der Waals surface area contributed by atoms with Crippen molar-refractivity contribution < 1.29 is 18.0 Å². The molecule has 5 rings (SSSR count). The molecule has 1 aliphatic carbocycles. The quantitative estimate of drug-likeness (QED) is 0.162. The number of hydrogen-bond donors (Lipinski definition) is 1. The van der Waals surface area contributed by atoms with E-state index in [1.165, 1.54) is 35.2 Å². The van der Waals surface area contributed by atoms with E-state index in [1.54, 1.807) is 36.4 Å². The average Bonchev–Trinajstić information content (AvgIpc) is 3.06. The second-order valence-corrected chi connectivity index (χ2v) is 14.8. The van der Waals surface area contributed by atoms with Crippen molar-refractivity contribution in [1.82, 2.24) is 10.2 Å². The molecule has 0 saturated heterocycles. The highest BCUT2D eigenvalue weighted by molar-refractivity contribution is 7.92. The van der Waals surface area contributed by atoms with Crippen LogP contribution in [-0.2, 0) is 32.6 Å². The molecule has 4 aromatic carbocycles. The van der Waals surface area contributed by atoms with Crippen molar-refractivity contribution in [2.45, 2.75) is 62.0 Å². The molecule has 1 aliphatic rings. The van der Waals surface area contributed by atoms with Gasteiger partial charge >= 0.3 is 0 Å². The van der Waals surface area contributed by atoms with Gasteiger partial charge in [0, 0.05) is 34.1 Å². The molecular weight excluding hydrogens is 677 g/mol. The molecule has 47 heavy (non-hydrogen) atoms. The zero-order valence-corrected chi connectivity index (χ0v) is 28.8. The van der Waals surface area contributed by atoms with Crippen LogP contribution >= 0.6 is 34.8 Å². The van der Waals surface area contributed by atoms with Crippen molar-refractivity contribution in [3.63, 3.8) is 0 Å². The van der Waals surface area contributed by atoms with Crippen LogP contribution in [0.4, 0.5) is 5.69 Å². The molecule has 1 N–H and O–H groups in total. The molecule has 0 aliphatic heterocycles. The summed E-state index contributed by atoms with van der Waals surface area (Å²) in [5, 5.41) is 4.36. The van der Waals surface area contributed by atoms with Crippen molar-refractivity contribution in [1.29, 1.82) is 0 Å². The van der Waals surface area contributed by atoms with Crippen LogP contribution in [0.2, 0.25) is 15.1 Å². The fourth-order valence-corrected chi connectivity index (χ4v) is 7.75. The van der Waals surface area contributed by atoms with Crippen LogP contribution in [-0.4, -0.2) is 43.8 Å². The van der Waals surface area contributed by atoms with Gasteiger partial charge in [-0.05, 0) is 78.6 Å². The van der Waals surface area contributed by atoms with E-state index in [1.807, 2.05) is 36.4 Å². The number of halogens is 3. The van der Waals surface area contributed by atoms with Crippen molar-refractivity contribution in [2.24, 2.45) is 0 Å². The summed E-state index contributed by atoms with van der Waals surface area (Å²) in [7, 11) is -4.28. The fraction of sp³-hybridized carbons (Fsp3) is 0.278. The largest absolute Gasteiger partial charge is 0.352 e. The molecular formula is C36H36Cl3N3O4S. The van der Waals surface area contributed by atoms with Gasteiger partial charge in [-0.2, -0.15) is 0 Å². The third-order valence-electron chi connectivity index (χ3n) is 8.24. The third kappa shape index (κ3) is 9.29. The Hall–Kier alpha value is -3.56. The summed E-state index contributed by atoms with van der Waals surface area (Å²) >= 11 is 18.7. The maximum absolute atomic E-state index is 14.6. The minimum atomic E-state index is -4.28. The topological polar surface area (TPSA) is 86.8 Å². The van der Waals surface area contributed by atoms with Crippen LogP contribution in [0.15, 0.2) is 108 Å². The van der Waals surface area contributed by atoms with Gasteiger partial charge in [0.25, 0.3) is 10.0 Å². The fourth-order valence-electron chi connectivity index (χ4n) is 5.82. The van der Waals surface area contributed by atoms with Gasteiger partial charge in [-0.3, -0.25) is 13.9 Å². The number of benzene rings is 4. The average molecular weight is 713 g/mol. The molecule has 0 unspecified atom stereocenters. The highest BCUT2D eigenvalue weighted by Gasteiger charge is 2.35. The summed E-state index contributed by atoms with van der Waals surface area (Å²) < 4.78 is 29.3. The molecule has 246 valence electrons. The number of amides is 2. The van der Waals surface area contributed by atoms with Gasteiger partial charge in [0.1, 0.15) is 12.6 Å². The third-order valence-corrected chi connectivity index (χ3v) is 10.8. The molecule has 11 heteroatoms. The minimum absolute atomic E-state index is 0.00545. The molecule has 0 heterocycles. The van der Waals surface area contributed by atoms with E-state index in [4.69, 9.17) is 34.8 Å². The lowest BCUT2D eigenvalue weighted by Gasteiger charge is -2.35. The number of carbonyl (C=O) groups is 2. The van der Waals surface area contributed by atoms with Crippen LogP contribution in [0.3, 0.4) is 0 Å². The van der Waals surface area contributed by atoms with E-state index in [0.717, 1.165) is 42.0 Å². The first kappa shape index (κ1) is 34.8. The van der Waals surface area contributed by atoms with Crippen molar-refractivity contribution in [3.05, 3.63) is 129 Å². The van der Waals surface area contributed by atoms with Crippen molar-refractivity contribution in [3.8, 4) is 0 Å². The van der Waals surface area contributed by atoms with Crippen LogP contribution in [0, 0.1) is 0 Å². The molecule has 4 aromatic rings. The van der Waals surface area contributed by atoms with E-state index in [0.29, 0.717) is 20.6 Å².